The van der Waals surface area contributed by atoms with Gasteiger partial charge in [0.1, 0.15) is 16.8 Å². The Hall–Kier alpha value is -4.01. The van der Waals surface area contributed by atoms with Crippen LogP contribution in [0, 0.1) is 32.8 Å². The van der Waals surface area contributed by atoms with Crippen molar-refractivity contribution in [2.75, 3.05) is 0 Å². The lowest BCUT2D eigenvalue weighted by atomic mass is 10.2. The molecule has 0 aliphatic carbocycles. The Morgan fingerprint density at radius 3 is 2.33 bits per heavy atom. The molecule has 0 aliphatic rings. The molecule has 0 spiro atoms. The fourth-order valence-electron chi connectivity index (χ4n) is 2.50. The highest BCUT2D eigenvalue weighted by Crippen LogP contribution is 2.17. The maximum Gasteiger partial charge on any atom is 0.276 e. The number of hydrogen-bond acceptors (Lipinski definition) is 6. The smallest absolute Gasteiger partial charge is 0.267 e. The van der Waals surface area contributed by atoms with Gasteiger partial charge in [0.15, 0.2) is 5.57 Å². The van der Waals surface area contributed by atoms with E-state index in [2.05, 4.69) is 0 Å². The van der Waals surface area contributed by atoms with Gasteiger partial charge in [0.25, 0.3) is 11.2 Å². The minimum Gasteiger partial charge on any atom is -0.267 e. The fraction of sp³-hybridized carbons (Fsp3) is 0. The number of para-hydroxylation sites is 2. The van der Waals surface area contributed by atoms with E-state index < -0.39 is 10.5 Å². The lowest BCUT2D eigenvalue weighted by Crippen LogP contribution is -2.30. The molecule has 3 rings (SSSR count). The van der Waals surface area contributed by atoms with Crippen LogP contribution in [0.5, 0.6) is 0 Å². The average Bonchev–Trinajstić information content (AvgIpc) is 3.00. The number of hydrogen-bond donors (Lipinski definition) is 0. The molecule has 27 heavy (non-hydrogen) atoms. The number of benzene rings is 2. The van der Waals surface area contributed by atoms with Gasteiger partial charge in [-0.3, -0.25) is 19.5 Å². The highest BCUT2D eigenvalue weighted by Gasteiger charge is 2.14. The van der Waals surface area contributed by atoms with E-state index in [1.165, 1.54) is 28.8 Å². The summed E-state index contributed by atoms with van der Waals surface area (Å²) in [5.74, 6) is 0. The van der Waals surface area contributed by atoms with Gasteiger partial charge in [-0.15, -0.1) is 11.3 Å². The molecule has 0 saturated heterocycles. The summed E-state index contributed by atoms with van der Waals surface area (Å²) in [5.41, 5.74) is -0.0320. The Morgan fingerprint density at radius 1 is 1.07 bits per heavy atom. The second kappa shape index (κ2) is 7.48. The quantitative estimate of drug-likeness (QED) is 0.513. The molecule has 8 heteroatoms. The zero-order valence-electron chi connectivity index (χ0n) is 13.7. The van der Waals surface area contributed by atoms with Gasteiger partial charge in [-0.1, -0.05) is 30.3 Å². The van der Waals surface area contributed by atoms with E-state index in [9.17, 15) is 25.4 Å². The Morgan fingerprint density at radius 2 is 1.70 bits per heavy atom. The maximum atomic E-state index is 13.0. The number of thiazole rings is 1. The average molecular weight is 374 g/mol. The van der Waals surface area contributed by atoms with Crippen LogP contribution in [0.1, 0.15) is 5.56 Å². The predicted octanol–water partition coefficient (Wildman–Crippen LogP) is 1.83. The van der Waals surface area contributed by atoms with E-state index >= 15 is 0 Å². The molecule has 1 aromatic heterocycles. The molecule has 0 bridgehead atoms. The lowest BCUT2D eigenvalue weighted by Gasteiger charge is -2.00. The maximum absolute atomic E-state index is 13.0. The summed E-state index contributed by atoms with van der Waals surface area (Å²) in [6.07, 6.45) is 1.40. The summed E-state index contributed by atoms with van der Waals surface area (Å²) in [5, 5.41) is 29.7. The zero-order valence-corrected chi connectivity index (χ0v) is 14.5. The second-order valence-corrected chi connectivity index (χ2v) is 6.34. The molecule has 0 amide bonds. The van der Waals surface area contributed by atoms with Crippen LogP contribution < -0.4 is 14.8 Å². The van der Waals surface area contributed by atoms with Crippen molar-refractivity contribution in [1.29, 1.82) is 10.5 Å². The van der Waals surface area contributed by atoms with Crippen LogP contribution in [-0.4, -0.2) is 9.49 Å². The van der Waals surface area contributed by atoms with E-state index in [-0.39, 0.29) is 26.0 Å². The molecular formula is C19H10N4O3S. The van der Waals surface area contributed by atoms with Crippen molar-refractivity contribution < 1.29 is 4.92 Å². The van der Waals surface area contributed by atoms with Gasteiger partial charge >= 0.3 is 0 Å². The number of nitrogens with zero attached hydrogens (tertiary/aromatic N) is 4. The summed E-state index contributed by atoms with van der Waals surface area (Å²) in [6.45, 7) is 0. The Balaban J connectivity index is 2.42. The van der Waals surface area contributed by atoms with Crippen LogP contribution in [0.3, 0.4) is 0 Å². The second-order valence-electron chi connectivity index (χ2n) is 5.31. The number of aromatic nitrogens is 1. The van der Waals surface area contributed by atoms with E-state index in [1.54, 1.807) is 48.5 Å². The molecule has 0 atom stereocenters. The highest BCUT2D eigenvalue weighted by molar-refractivity contribution is 7.07. The summed E-state index contributed by atoms with van der Waals surface area (Å²) in [4.78, 5) is 23.6. The molecule has 0 radical (unpaired) electrons. The molecule has 7 nitrogen and oxygen atoms in total. The molecule has 3 aromatic rings. The van der Waals surface area contributed by atoms with Gasteiger partial charge < -0.3 is 0 Å². The van der Waals surface area contributed by atoms with E-state index in [0.29, 0.717) is 5.69 Å². The van der Waals surface area contributed by atoms with Crippen LogP contribution >= 0.6 is 11.3 Å². The third-order valence-corrected chi connectivity index (χ3v) is 4.79. The topological polar surface area (TPSA) is 113 Å². The minimum atomic E-state index is -0.530. The van der Waals surface area contributed by atoms with Gasteiger partial charge in [0, 0.05) is 6.07 Å². The van der Waals surface area contributed by atoms with Crippen molar-refractivity contribution in [3.05, 3.63) is 89.8 Å². The van der Waals surface area contributed by atoms with Gasteiger partial charge in [0.2, 0.25) is 0 Å². The normalized spacial score (nSPS) is 10.8. The molecule has 0 aliphatic heterocycles. The van der Waals surface area contributed by atoms with Crippen LogP contribution in [0.2, 0.25) is 0 Å². The van der Waals surface area contributed by atoms with Crippen molar-refractivity contribution in [3.63, 3.8) is 0 Å². The third-order valence-electron chi connectivity index (χ3n) is 3.70. The molecule has 0 N–H and O–H groups in total. The summed E-state index contributed by atoms with van der Waals surface area (Å²) < 4.78 is 1.64. The molecule has 1 heterocycles. The number of rotatable bonds is 3. The van der Waals surface area contributed by atoms with Crippen molar-refractivity contribution in [2.24, 2.45) is 0 Å². The van der Waals surface area contributed by atoms with Gasteiger partial charge in [-0.05, 0) is 24.3 Å². The van der Waals surface area contributed by atoms with Crippen molar-refractivity contribution in [3.8, 4) is 17.8 Å². The van der Waals surface area contributed by atoms with E-state index in [1.807, 2.05) is 0 Å². The molecular weight excluding hydrogens is 364 g/mol. The summed E-state index contributed by atoms with van der Waals surface area (Å²) in [6, 6.07) is 18.2. The lowest BCUT2D eigenvalue weighted by molar-refractivity contribution is -0.385. The first-order valence-electron chi connectivity index (χ1n) is 7.63. The van der Waals surface area contributed by atoms with Crippen molar-refractivity contribution in [1.82, 2.24) is 4.57 Å². The Labute approximate surface area is 156 Å². The number of nitro groups is 1. The largest absolute Gasteiger partial charge is 0.276 e. The summed E-state index contributed by atoms with van der Waals surface area (Å²) in [7, 11) is 0. The van der Waals surface area contributed by atoms with Gasteiger partial charge in [-0.25, -0.2) is 0 Å². The standard InChI is InChI=1S/C19H10N4O3S/c20-11-14(12-21)19-22(15-7-2-1-3-8-15)18(24)17(27-19)10-13-6-4-5-9-16(13)23(25)26/h1-10H/b17-10-. The first-order valence-corrected chi connectivity index (χ1v) is 8.45. The molecule has 130 valence electrons. The van der Waals surface area contributed by atoms with Crippen molar-refractivity contribution in [2.45, 2.75) is 0 Å². The molecule has 2 aromatic carbocycles. The van der Waals surface area contributed by atoms with Crippen LogP contribution in [0.15, 0.2) is 59.4 Å². The predicted molar refractivity (Wildman–Crippen MR) is 100 cm³/mol. The number of nitriles is 2. The first kappa shape index (κ1) is 17.8. The molecule has 0 fully saturated rings. The number of nitro benzene ring substituents is 1. The van der Waals surface area contributed by atoms with E-state index in [4.69, 9.17) is 0 Å². The zero-order chi connectivity index (χ0) is 19.4. The molecule has 0 unspecified atom stereocenters. The van der Waals surface area contributed by atoms with Gasteiger partial charge in [0.05, 0.1) is 20.7 Å². The highest BCUT2D eigenvalue weighted by atomic mass is 32.1. The van der Waals surface area contributed by atoms with Crippen LogP contribution in [0.25, 0.3) is 17.3 Å². The van der Waals surface area contributed by atoms with E-state index in [0.717, 1.165) is 11.3 Å². The first-order chi connectivity index (χ1) is 13.1. The minimum absolute atomic E-state index is 0.136. The Kier molecular flexibility index (Phi) is 4.93. The molecule has 0 saturated carbocycles. The third kappa shape index (κ3) is 3.38. The van der Waals surface area contributed by atoms with Crippen LogP contribution in [-0.2, 0) is 0 Å². The van der Waals surface area contributed by atoms with Gasteiger partial charge in [-0.2, -0.15) is 10.5 Å². The van der Waals surface area contributed by atoms with Crippen LogP contribution in [0.4, 0.5) is 5.69 Å². The monoisotopic (exact) mass is 374 g/mol. The SMILES string of the molecule is N#CC(C#N)=c1s/c(=C\c2ccccc2[N+](=O)[O-])c(=O)n1-c1ccccc1. The van der Waals surface area contributed by atoms with Crippen molar-refractivity contribution >= 4 is 28.7 Å². The fourth-order valence-corrected chi connectivity index (χ4v) is 3.54. The summed E-state index contributed by atoms with van der Waals surface area (Å²) >= 11 is 0.944. The Bertz CT molecular complexity index is 1280.